The maximum Gasteiger partial charge on any atom is 2.00 e. The molecule has 0 aliphatic heterocycles. The van der Waals surface area contributed by atoms with Crippen molar-refractivity contribution >= 4 is 66.6 Å². The Morgan fingerprint density at radius 2 is 2.17 bits per heavy atom. The molecule has 0 aromatic carbocycles. The van der Waals surface area contributed by atoms with Crippen LogP contribution in [0.3, 0.4) is 0 Å². The van der Waals surface area contributed by atoms with Gasteiger partial charge in [0.2, 0.25) is 5.69 Å². The third-order valence-electron chi connectivity index (χ3n) is 0.711. The van der Waals surface area contributed by atoms with E-state index in [1.807, 2.05) is 0 Å². The van der Waals surface area contributed by atoms with Crippen LogP contribution in [0.1, 0.15) is 2.85 Å². The predicted molar refractivity (Wildman–Crippen MR) is 63.3 cm³/mol. The van der Waals surface area contributed by atoms with Crippen LogP contribution in [0.5, 0.6) is 0 Å². The molecule has 12 heavy (non-hydrogen) atoms. The van der Waals surface area contributed by atoms with E-state index < -0.39 is 5.69 Å². The molecule has 0 rings (SSSR count). The van der Waals surface area contributed by atoms with Crippen LogP contribution in [-0.4, -0.2) is 55.0 Å². The smallest absolute Gasteiger partial charge is 1.00 e. The predicted octanol–water partition coefficient (Wildman–Crippen LogP) is 2.17. The Balaban J connectivity index is -0.000000167. The largest absolute Gasteiger partial charge is 2.00 e. The van der Waals surface area contributed by atoms with Crippen LogP contribution >= 0.6 is 17.1 Å². The number of hydrogen-bond acceptors (Lipinski definition) is 3. The van der Waals surface area contributed by atoms with Gasteiger partial charge in [0.15, 0.2) is 0 Å². The van der Waals surface area contributed by atoms with Gasteiger partial charge < -0.3 is 12.3 Å². The quantitative estimate of drug-likeness (QED) is 0.446. The van der Waals surface area contributed by atoms with Gasteiger partial charge in [-0.2, -0.15) is 0 Å². The Labute approximate surface area is 115 Å². The first-order chi connectivity index (χ1) is 5.12. The summed E-state index contributed by atoms with van der Waals surface area (Å²) in [7, 11) is 0. The summed E-state index contributed by atoms with van der Waals surface area (Å²) in [4.78, 5) is 9.35. The first-order valence-corrected chi connectivity index (χ1v) is 7.22. The van der Waals surface area contributed by atoms with Gasteiger partial charge in [-0.15, -0.1) is 13.2 Å². The van der Waals surface area contributed by atoms with Crippen LogP contribution < -0.4 is 0 Å². The van der Waals surface area contributed by atoms with Gasteiger partial charge in [0.05, 0.1) is 6.61 Å². The third-order valence-corrected chi connectivity index (χ3v) is 4.90. The van der Waals surface area contributed by atoms with E-state index >= 15 is 0 Å². The third kappa shape index (κ3) is 9.75. The summed E-state index contributed by atoms with van der Waals surface area (Å²) >= 11 is 6.00. The van der Waals surface area contributed by atoms with Crippen LogP contribution in [-0.2, 0) is 16.3 Å². The maximum atomic E-state index is 9.35. The minimum atomic E-state index is -2.62. The van der Waals surface area contributed by atoms with Crippen molar-refractivity contribution in [1.82, 2.24) is 0 Å². The second-order valence-corrected chi connectivity index (χ2v) is 7.86. The first-order valence-electron chi connectivity index (χ1n) is 2.96. The van der Waals surface area contributed by atoms with Crippen molar-refractivity contribution in [3.63, 3.8) is 0 Å². The first kappa shape index (κ1) is 16.1. The Morgan fingerprint density at radius 3 is 2.58 bits per heavy atom. The topological polar surface area (TPSA) is 29.5 Å². The van der Waals surface area contributed by atoms with Crippen molar-refractivity contribution in [1.29, 1.82) is 0 Å². The van der Waals surface area contributed by atoms with E-state index in [0.29, 0.717) is 12.4 Å². The summed E-state index contributed by atoms with van der Waals surface area (Å²) < 4.78 is 4.96. The molecule has 2 nitrogen and oxygen atoms in total. The van der Waals surface area contributed by atoms with Gasteiger partial charge in [-0.1, -0.05) is 23.5 Å². The molecule has 0 aliphatic rings. The second-order valence-electron chi connectivity index (χ2n) is 1.64. The molecular formula is C6H13CaO2PS2. The monoisotopic (exact) mass is 252 g/mol. The van der Waals surface area contributed by atoms with Crippen molar-refractivity contribution < 1.29 is 12.3 Å². The van der Waals surface area contributed by atoms with Gasteiger partial charge >= 0.3 is 37.7 Å². The van der Waals surface area contributed by atoms with Crippen LogP contribution in [0.2, 0.25) is 0 Å². The minimum Gasteiger partial charge on any atom is -1.00 e. The van der Waals surface area contributed by atoms with Gasteiger partial charge in [0.25, 0.3) is 0 Å². The molecule has 0 saturated carbocycles. The van der Waals surface area contributed by atoms with E-state index in [9.17, 15) is 4.89 Å². The number of rotatable bonds is 6. The fraction of sp³-hybridized carbons (Fsp3) is 0.333. The molecule has 1 unspecified atom stereocenters. The average molecular weight is 252 g/mol. The summed E-state index contributed by atoms with van der Waals surface area (Å²) in [5, 5.41) is 0. The molecule has 0 radical (unpaired) electrons. The van der Waals surface area contributed by atoms with Gasteiger partial charge in [-0.3, -0.25) is 0 Å². The zero-order chi connectivity index (χ0) is 8.74. The zero-order valence-electron chi connectivity index (χ0n) is 8.81. The Hall–Kier alpha value is 1.66. The van der Waals surface area contributed by atoms with Crippen LogP contribution in [0.15, 0.2) is 25.3 Å². The van der Waals surface area contributed by atoms with Crippen LogP contribution in [0.25, 0.3) is 0 Å². The van der Waals surface area contributed by atoms with E-state index in [-0.39, 0.29) is 40.6 Å². The summed E-state index contributed by atoms with van der Waals surface area (Å²) in [5.41, 5.74) is -2.62. The van der Waals surface area contributed by atoms with E-state index in [1.54, 1.807) is 12.2 Å². The summed E-state index contributed by atoms with van der Waals surface area (Å²) in [6.07, 6.45) is 3.24. The van der Waals surface area contributed by atoms with E-state index in [0.717, 1.165) is 0 Å². The SMILES string of the molecule is C=CCOP(O)(=S)SCC=C.[Ca+2].[H-].[H-]. The zero-order valence-corrected chi connectivity index (χ0v) is 11.5. The molecule has 68 valence electrons. The molecule has 6 heteroatoms. The molecule has 0 amide bonds. The van der Waals surface area contributed by atoms with Gasteiger partial charge in [-0.05, 0) is 11.8 Å². The summed E-state index contributed by atoms with van der Waals surface area (Å²) in [6.45, 7) is 7.26. The van der Waals surface area contributed by atoms with E-state index in [4.69, 9.17) is 16.3 Å². The molecule has 0 fully saturated rings. The Morgan fingerprint density at radius 1 is 1.58 bits per heavy atom. The van der Waals surface area contributed by atoms with Crippen molar-refractivity contribution in [3.05, 3.63) is 25.3 Å². The summed E-state index contributed by atoms with van der Waals surface area (Å²) in [5.74, 6) is 0.616. The van der Waals surface area contributed by atoms with Crippen molar-refractivity contribution in [3.8, 4) is 0 Å². The van der Waals surface area contributed by atoms with Gasteiger partial charge in [0, 0.05) is 5.75 Å². The van der Waals surface area contributed by atoms with Crippen LogP contribution in [0.4, 0.5) is 0 Å². The van der Waals surface area contributed by atoms with Gasteiger partial charge in [-0.25, -0.2) is 0 Å². The molecule has 0 aliphatic carbocycles. The van der Waals surface area contributed by atoms with Crippen molar-refractivity contribution in [2.75, 3.05) is 12.4 Å². The maximum absolute atomic E-state index is 9.35. The van der Waals surface area contributed by atoms with Crippen LogP contribution in [0, 0.1) is 0 Å². The minimum absolute atomic E-state index is 0. The molecule has 0 aromatic heterocycles. The summed E-state index contributed by atoms with van der Waals surface area (Å²) in [6, 6.07) is 0. The Kier molecular flexibility index (Phi) is 12.4. The second kappa shape index (κ2) is 9.22. The number of hydrogen-bond donors (Lipinski definition) is 1. The molecule has 0 heterocycles. The average Bonchev–Trinajstić information content (AvgIpc) is 1.97. The molecule has 0 bridgehead atoms. The van der Waals surface area contributed by atoms with Crippen molar-refractivity contribution in [2.45, 2.75) is 0 Å². The fourth-order valence-corrected chi connectivity index (χ4v) is 3.01. The molecule has 0 aromatic rings. The van der Waals surface area contributed by atoms with E-state index in [1.165, 1.54) is 11.4 Å². The van der Waals surface area contributed by atoms with Crippen molar-refractivity contribution in [2.24, 2.45) is 0 Å². The molecule has 0 spiro atoms. The standard InChI is InChI=1S/C6H11O2PS2.Ca.2H/c1-3-5-8-9(7,10)11-6-4-2;;;/h3-4H,1-2,5-6H2,(H,7,10);;;/q;+2;2*-1. The van der Waals surface area contributed by atoms with E-state index in [2.05, 4.69) is 13.2 Å². The molecule has 0 saturated heterocycles. The van der Waals surface area contributed by atoms with Gasteiger partial charge in [0.1, 0.15) is 0 Å². The molecule has 1 N–H and O–H groups in total. The molecule has 1 atom stereocenters. The fourth-order valence-electron chi connectivity index (χ4n) is 0.331. The Bertz CT molecular complexity index is 179. The molecular weight excluding hydrogens is 239 g/mol. The normalized spacial score (nSPS) is 14.1.